The first-order chi connectivity index (χ1) is 14.9. The minimum absolute atomic E-state index is 0.0680. The fourth-order valence-electron chi connectivity index (χ4n) is 3.41. The molecule has 0 spiro atoms. The van der Waals surface area contributed by atoms with Crippen LogP contribution < -0.4 is 16.4 Å². The monoisotopic (exact) mass is 432 g/mol. The van der Waals surface area contributed by atoms with Gasteiger partial charge in [0.1, 0.15) is 6.04 Å². The Morgan fingerprint density at radius 2 is 1.84 bits per heavy atom. The van der Waals surface area contributed by atoms with Crippen LogP contribution in [-0.4, -0.2) is 73.4 Å². The van der Waals surface area contributed by atoms with Crippen LogP contribution in [0.1, 0.15) is 40.0 Å². The predicted octanol–water partition coefficient (Wildman–Crippen LogP) is -0.592. The first kappa shape index (κ1) is 22.4. The molecule has 2 aliphatic rings. The van der Waals surface area contributed by atoms with Crippen molar-refractivity contribution in [3.05, 3.63) is 29.3 Å². The van der Waals surface area contributed by atoms with Crippen LogP contribution in [0.15, 0.2) is 18.2 Å². The average Bonchev–Trinajstić information content (AvgIpc) is 2.98. The molecule has 0 aromatic heterocycles. The van der Waals surface area contributed by atoms with Gasteiger partial charge in [0.2, 0.25) is 17.7 Å². The van der Waals surface area contributed by atoms with Crippen LogP contribution in [-0.2, 0) is 23.9 Å². The summed E-state index contributed by atoms with van der Waals surface area (Å²) in [4.78, 5) is 60.8. The van der Waals surface area contributed by atoms with Gasteiger partial charge in [-0.3, -0.25) is 34.2 Å². The number of nitrogens with zero attached hydrogens (tertiary/aromatic N) is 1. The molecule has 166 valence electrons. The highest BCUT2D eigenvalue weighted by atomic mass is 16.5. The maximum atomic E-state index is 13.0. The Morgan fingerprint density at radius 1 is 1.10 bits per heavy atom. The van der Waals surface area contributed by atoms with Crippen molar-refractivity contribution < 1.29 is 33.4 Å². The zero-order valence-corrected chi connectivity index (χ0v) is 16.8. The van der Waals surface area contributed by atoms with Crippen molar-refractivity contribution in [1.29, 1.82) is 0 Å². The molecule has 1 unspecified atom stereocenters. The molecule has 0 bridgehead atoms. The third-order valence-electron chi connectivity index (χ3n) is 4.89. The van der Waals surface area contributed by atoms with E-state index in [2.05, 4.69) is 10.6 Å². The van der Waals surface area contributed by atoms with Gasteiger partial charge in [0.15, 0.2) is 0 Å². The summed E-state index contributed by atoms with van der Waals surface area (Å²) in [5.41, 5.74) is 5.89. The van der Waals surface area contributed by atoms with E-state index < -0.39 is 35.6 Å². The second-order valence-electron chi connectivity index (χ2n) is 7.04. The lowest BCUT2D eigenvalue weighted by Gasteiger charge is -2.27. The number of ether oxygens (including phenoxy) is 2. The van der Waals surface area contributed by atoms with Gasteiger partial charge in [-0.05, 0) is 18.6 Å². The minimum atomic E-state index is -1.00. The van der Waals surface area contributed by atoms with Crippen molar-refractivity contribution in [2.24, 2.45) is 5.73 Å². The number of carbonyl (C=O) groups is 5. The molecule has 11 nitrogen and oxygen atoms in total. The van der Waals surface area contributed by atoms with Crippen molar-refractivity contribution in [2.75, 3.05) is 38.3 Å². The van der Waals surface area contributed by atoms with E-state index in [9.17, 15) is 24.0 Å². The number of hydrogen-bond acceptors (Lipinski definition) is 8. The summed E-state index contributed by atoms with van der Waals surface area (Å²) in [6, 6.07) is 3.85. The van der Waals surface area contributed by atoms with Crippen LogP contribution in [0, 0.1) is 0 Å². The molecular weight excluding hydrogens is 408 g/mol. The largest absolute Gasteiger partial charge is 0.382 e. The number of piperidine rings is 1. The fourth-order valence-corrected chi connectivity index (χ4v) is 3.41. The normalized spacial score (nSPS) is 18.2. The summed E-state index contributed by atoms with van der Waals surface area (Å²) in [5.74, 6) is -2.61. The lowest BCUT2D eigenvalue weighted by Crippen LogP contribution is -2.54. The van der Waals surface area contributed by atoms with E-state index in [1.54, 1.807) is 12.1 Å². The van der Waals surface area contributed by atoms with Gasteiger partial charge < -0.3 is 20.5 Å². The highest BCUT2D eigenvalue weighted by Gasteiger charge is 2.45. The fraction of sp³-hybridized carbons (Fsp3) is 0.450. The van der Waals surface area contributed by atoms with Gasteiger partial charge >= 0.3 is 0 Å². The van der Waals surface area contributed by atoms with Gasteiger partial charge in [-0.2, -0.15) is 0 Å². The molecule has 1 saturated heterocycles. The van der Waals surface area contributed by atoms with Gasteiger partial charge in [-0.25, -0.2) is 0 Å². The number of rotatable bonds is 11. The molecule has 2 heterocycles. The van der Waals surface area contributed by atoms with Crippen LogP contribution in [0.4, 0.5) is 5.69 Å². The molecule has 1 aromatic carbocycles. The van der Waals surface area contributed by atoms with Crippen molar-refractivity contribution >= 4 is 35.2 Å². The van der Waals surface area contributed by atoms with Crippen molar-refractivity contribution in [1.82, 2.24) is 10.2 Å². The van der Waals surface area contributed by atoms with E-state index in [4.69, 9.17) is 15.2 Å². The summed E-state index contributed by atoms with van der Waals surface area (Å²) in [7, 11) is 0. The highest BCUT2D eigenvalue weighted by molar-refractivity contribution is 6.25. The zero-order valence-electron chi connectivity index (χ0n) is 16.8. The predicted molar refractivity (Wildman–Crippen MR) is 107 cm³/mol. The highest BCUT2D eigenvalue weighted by Crippen LogP contribution is 2.32. The number of imide groups is 2. The van der Waals surface area contributed by atoms with Gasteiger partial charge in [0.05, 0.1) is 37.6 Å². The Bertz CT molecular complexity index is 902. The second kappa shape index (κ2) is 10.1. The van der Waals surface area contributed by atoms with Crippen molar-refractivity contribution in [2.45, 2.75) is 25.3 Å². The molecule has 11 heteroatoms. The molecule has 3 rings (SSSR count). The van der Waals surface area contributed by atoms with Crippen molar-refractivity contribution in [3.8, 4) is 0 Å². The summed E-state index contributed by atoms with van der Waals surface area (Å²) >= 11 is 0. The summed E-state index contributed by atoms with van der Waals surface area (Å²) in [6.07, 6.45) is 0.329. The van der Waals surface area contributed by atoms with E-state index in [0.717, 1.165) is 4.90 Å². The first-order valence-electron chi connectivity index (χ1n) is 9.92. The number of carbonyl (C=O) groups excluding carboxylic acids is 5. The lowest BCUT2D eigenvalue weighted by atomic mass is 10.0. The van der Waals surface area contributed by atoms with Gasteiger partial charge in [0.25, 0.3) is 11.8 Å². The van der Waals surface area contributed by atoms with E-state index in [1.165, 1.54) is 6.07 Å². The summed E-state index contributed by atoms with van der Waals surface area (Å²) in [5, 5.41) is 5.24. The SMILES string of the molecule is NC(=O)CCOCCOCCNc1cccc2c1C(=O)N(C1CCC(=O)NC1=O)C2=O. The minimum Gasteiger partial charge on any atom is -0.382 e. The lowest BCUT2D eigenvalue weighted by molar-refractivity contribution is -0.136. The molecule has 1 atom stereocenters. The number of nitrogens with two attached hydrogens (primary N) is 1. The Labute approximate surface area is 178 Å². The molecule has 0 saturated carbocycles. The van der Waals surface area contributed by atoms with Crippen LogP contribution in [0.3, 0.4) is 0 Å². The number of amides is 5. The zero-order chi connectivity index (χ0) is 22.4. The Morgan fingerprint density at radius 3 is 2.55 bits per heavy atom. The van der Waals surface area contributed by atoms with Gasteiger partial charge in [0, 0.05) is 25.1 Å². The molecule has 1 aromatic rings. The molecule has 0 radical (unpaired) electrons. The Kier molecular flexibility index (Phi) is 7.32. The third kappa shape index (κ3) is 5.25. The number of anilines is 1. The third-order valence-corrected chi connectivity index (χ3v) is 4.89. The van der Waals surface area contributed by atoms with Gasteiger partial charge in [-0.15, -0.1) is 0 Å². The number of benzene rings is 1. The summed E-state index contributed by atoms with van der Waals surface area (Å²) < 4.78 is 10.6. The Hall–Kier alpha value is -3.31. The molecule has 5 amide bonds. The maximum absolute atomic E-state index is 13.0. The van der Waals surface area contributed by atoms with E-state index >= 15 is 0 Å². The van der Waals surface area contributed by atoms with E-state index in [1.807, 2.05) is 0 Å². The van der Waals surface area contributed by atoms with E-state index in [0.29, 0.717) is 32.1 Å². The van der Waals surface area contributed by atoms with Gasteiger partial charge in [-0.1, -0.05) is 6.07 Å². The van der Waals surface area contributed by atoms with Crippen molar-refractivity contribution in [3.63, 3.8) is 0 Å². The molecule has 0 aliphatic carbocycles. The average molecular weight is 432 g/mol. The summed E-state index contributed by atoms with van der Waals surface area (Å²) in [6.45, 7) is 1.59. The standard InChI is InChI=1S/C20H24N4O7/c21-15(25)6-8-30-10-11-31-9-7-22-13-3-1-2-12-17(13)20(29)24(19(12)28)14-4-5-16(26)23-18(14)27/h1-3,14,22H,4-11H2,(H2,21,25)(H,23,26,27). The van der Waals surface area contributed by atoms with Crippen LogP contribution in [0.25, 0.3) is 0 Å². The molecule has 4 N–H and O–H groups in total. The maximum Gasteiger partial charge on any atom is 0.264 e. The Balaban J connectivity index is 1.53. The van der Waals surface area contributed by atoms with Crippen LogP contribution in [0.5, 0.6) is 0 Å². The first-order valence-corrected chi connectivity index (χ1v) is 9.92. The molecule has 2 aliphatic heterocycles. The quantitative estimate of drug-likeness (QED) is 0.309. The molecule has 31 heavy (non-hydrogen) atoms. The number of nitrogens with one attached hydrogen (secondary N) is 2. The van der Waals surface area contributed by atoms with Crippen LogP contribution in [0.2, 0.25) is 0 Å². The smallest absolute Gasteiger partial charge is 0.264 e. The van der Waals surface area contributed by atoms with Crippen LogP contribution >= 0.6 is 0 Å². The second-order valence-corrected chi connectivity index (χ2v) is 7.04. The number of fused-ring (bicyclic) bond motifs is 1. The van der Waals surface area contributed by atoms with E-state index in [-0.39, 0.29) is 37.0 Å². The molecular formula is C20H24N4O7. The topological polar surface area (TPSA) is 157 Å². The molecule has 1 fully saturated rings. The number of primary amides is 1. The number of hydrogen-bond donors (Lipinski definition) is 3.